The average Bonchev–Trinajstić information content (AvgIpc) is 2.05. The van der Waals surface area contributed by atoms with Crippen LogP contribution in [0.3, 0.4) is 0 Å². The topological polar surface area (TPSA) is 26.0 Å². The van der Waals surface area contributed by atoms with Crippen LogP contribution < -0.4 is 5.73 Å². The minimum absolute atomic E-state index is 0. The molecule has 1 aromatic carbocycles. The predicted octanol–water partition coefficient (Wildman–Crippen LogP) is 2.31. The molecule has 3 heteroatoms. The van der Waals surface area contributed by atoms with Gasteiger partial charge < -0.3 is 5.73 Å². The van der Waals surface area contributed by atoms with Gasteiger partial charge in [0.2, 0.25) is 0 Å². The van der Waals surface area contributed by atoms with Gasteiger partial charge in [-0.05, 0) is 11.1 Å². The summed E-state index contributed by atoms with van der Waals surface area (Å²) in [6.45, 7) is 0.588. The molecule has 11 heavy (non-hydrogen) atoms. The molecule has 0 unspecified atom stereocenters. The van der Waals surface area contributed by atoms with Crippen molar-refractivity contribution in [3.63, 3.8) is 0 Å². The van der Waals surface area contributed by atoms with E-state index in [4.69, 9.17) is 17.3 Å². The van der Waals surface area contributed by atoms with Crippen molar-refractivity contribution in [2.75, 3.05) is 0 Å². The van der Waals surface area contributed by atoms with Crippen molar-refractivity contribution in [2.24, 2.45) is 5.73 Å². The van der Waals surface area contributed by atoms with Gasteiger partial charge in [0.05, 0.1) is 0 Å². The first-order valence-corrected chi connectivity index (χ1v) is 3.74. The average molecular weight is 192 g/mol. The van der Waals surface area contributed by atoms with Crippen LogP contribution in [-0.4, -0.2) is 0 Å². The molecule has 0 amide bonds. The zero-order valence-corrected chi connectivity index (χ0v) is 7.66. The van der Waals surface area contributed by atoms with Crippen LogP contribution in [0.4, 0.5) is 0 Å². The molecule has 2 N–H and O–H groups in total. The molecular formula is C8H11Cl2N. The molecule has 0 spiro atoms. The van der Waals surface area contributed by atoms with E-state index in [2.05, 4.69) is 0 Å². The summed E-state index contributed by atoms with van der Waals surface area (Å²) in [5, 5.41) is 0. The number of halogens is 2. The summed E-state index contributed by atoms with van der Waals surface area (Å²) in [4.78, 5) is 0. The smallest absolute Gasteiger partial charge is 0.0474 e. The summed E-state index contributed by atoms with van der Waals surface area (Å²) in [6, 6.07) is 7.98. The van der Waals surface area contributed by atoms with Crippen LogP contribution in [0, 0.1) is 0 Å². The SMILES string of the molecule is Cl.NCc1cccc(CCl)c1. The Bertz CT molecular complexity index is 194. The first-order valence-electron chi connectivity index (χ1n) is 3.20. The summed E-state index contributed by atoms with van der Waals surface area (Å²) in [5.41, 5.74) is 7.70. The van der Waals surface area contributed by atoms with Crippen molar-refractivity contribution < 1.29 is 0 Å². The number of benzene rings is 1. The van der Waals surface area contributed by atoms with Crippen molar-refractivity contribution in [3.8, 4) is 0 Å². The van der Waals surface area contributed by atoms with E-state index < -0.39 is 0 Å². The molecular weight excluding hydrogens is 181 g/mol. The van der Waals surface area contributed by atoms with Gasteiger partial charge >= 0.3 is 0 Å². The molecule has 0 aliphatic carbocycles. The van der Waals surface area contributed by atoms with E-state index in [1.165, 1.54) is 0 Å². The number of rotatable bonds is 2. The van der Waals surface area contributed by atoms with Gasteiger partial charge in [0.1, 0.15) is 0 Å². The van der Waals surface area contributed by atoms with Crippen molar-refractivity contribution >= 4 is 24.0 Å². The van der Waals surface area contributed by atoms with E-state index in [9.17, 15) is 0 Å². The van der Waals surface area contributed by atoms with E-state index in [1.54, 1.807) is 0 Å². The summed E-state index contributed by atoms with van der Waals surface area (Å²) >= 11 is 5.62. The van der Waals surface area contributed by atoms with E-state index >= 15 is 0 Å². The molecule has 0 aliphatic heterocycles. The van der Waals surface area contributed by atoms with Crippen molar-refractivity contribution in [1.82, 2.24) is 0 Å². The molecule has 62 valence electrons. The number of hydrogen-bond donors (Lipinski definition) is 1. The molecule has 0 heterocycles. The van der Waals surface area contributed by atoms with Crippen LogP contribution in [0.25, 0.3) is 0 Å². The zero-order chi connectivity index (χ0) is 7.40. The number of alkyl halides is 1. The third-order valence-corrected chi connectivity index (χ3v) is 1.69. The normalized spacial score (nSPS) is 8.91. The maximum Gasteiger partial charge on any atom is 0.0474 e. The fraction of sp³-hybridized carbons (Fsp3) is 0.250. The fourth-order valence-electron chi connectivity index (χ4n) is 0.840. The van der Waals surface area contributed by atoms with Crippen molar-refractivity contribution in [2.45, 2.75) is 12.4 Å². The lowest BCUT2D eigenvalue weighted by Crippen LogP contribution is -1.95. The van der Waals surface area contributed by atoms with Crippen molar-refractivity contribution in [3.05, 3.63) is 35.4 Å². The maximum absolute atomic E-state index is 5.62. The van der Waals surface area contributed by atoms with Gasteiger partial charge in [0, 0.05) is 12.4 Å². The van der Waals surface area contributed by atoms with Gasteiger partial charge in [-0.25, -0.2) is 0 Å². The Balaban J connectivity index is 0.000001000. The first kappa shape index (κ1) is 10.8. The molecule has 0 aliphatic rings. The van der Waals surface area contributed by atoms with Crippen LogP contribution >= 0.6 is 24.0 Å². The summed E-state index contributed by atoms with van der Waals surface area (Å²) in [7, 11) is 0. The second-order valence-corrected chi connectivity index (χ2v) is 2.42. The summed E-state index contributed by atoms with van der Waals surface area (Å²) in [6.07, 6.45) is 0. The lowest BCUT2D eigenvalue weighted by atomic mass is 10.1. The van der Waals surface area contributed by atoms with Crippen LogP contribution in [-0.2, 0) is 12.4 Å². The highest BCUT2D eigenvalue weighted by molar-refractivity contribution is 6.17. The Morgan fingerprint density at radius 2 is 1.91 bits per heavy atom. The molecule has 0 saturated heterocycles. The molecule has 0 radical (unpaired) electrons. The van der Waals surface area contributed by atoms with Crippen LogP contribution in [0.15, 0.2) is 24.3 Å². The standard InChI is InChI=1S/C8H10ClN.ClH/c9-5-7-2-1-3-8(4-7)6-10;/h1-4H,5-6,10H2;1H. The van der Waals surface area contributed by atoms with Gasteiger partial charge in [0.25, 0.3) is 0 Å². The minimum Gasteiger partial charge on any atom is -0.326 e. The van der Waals surface area contributed by atoms with E-state index in [1.807, 2.05) is 24.3 Å². The third-order valence-electron chi connectivity index (χ3n) is 1.38. The van der Waals surface area contributed by atoms with Crippen LogP contribution in [0.1, 0.15) is 11.1 Å². The molecule has 0 atom stereocenters. The van der Waals surface area contributed by atoms with Crippen LogP contribution in [0.5, 0.6) is 0 Å². The first-order chi connectivity index (χ1) is 4.86. The Morgan fingerprint density at radius 1 is 1.27 bits per heavy atom. The maximum atomic E-state index is 5.62. The highest BCUT2D eigenvalue weighted by Crippen LogP contribution is 2.06. The Hall–Kier alpha value is -0.240. The monoisotopic (exact) mass is 191 g/mol. The Morgan fingerprint density at radius 3 is 2.45 bits per heavy atom. The molecule has 0 aromatic heterocycles. The molecule has 1 rings (SSSR count). The third kappa shape index (κ3) is 3.10. The van der Waals surface area contributed by atoms with Crippen LogP contribution in [0.2, 0.25) is 0 Å². The molecule has 0 fully saturated rings. The van der Waals surface area contributed by atoms with E-state index in [0.29, 0.717) is 12.4 Å². The van der Waals surface area contributed by atoms with Gasteiger partial charge in [-0.1, -0.05) is 24.3 Å². The van der Waals surface area contributed by atoms with E-state index in [0.717, 1.165) is 11.1 Å². The summed E-state index contributed by atoms with van der Waals surface area (Å²) in [5.74, 6) is 0.563. The second-order valence-electron chi connectivity index (χ2n) is 2.16. The van der Waals surface area contributed by atoms with Gasteiger partial charge in [-0.15, -0.1) is 24.0 Å². The largest absolute Gasteiger partial charge is 0.326 e. The van der Waals surface area contributed by atoms with E-state index in [-0.39, 0.29) is 12.4 Å². The molecule has 0 bridgehead atoms. The number of nitrogens with two attached hydrogens (primary N) is 1. The molecule has 1 aromatic rings. The summed E-state index contributed by atoms with van der Waals surface area (Å²) < 4.78 is 0. The van der Waals surface area contributed by atoms with Gasteiger partial charge in [0.15, 0.2) is 0 Å². The predicted molar refractivity (Wildman–Crippen MR) is 51.1 cm³/mol. The fourth-order valence-corrected chi connectivity index (χ4v) is 1.01. The Labute approximate surface area is 78.0 Å². The lowest BCUT2D eigenvalue weighted by molar-refractivity contribution is 1.06. The minimum atomic E-state index is 0. The highest BCUT2D eigenvalue weighted by atomic mass is 35.5. The number of hydrogen-bond acceptors (Lipinski definition) is 1. The van der Waals surface area contributed by atoms with Crippen molar-refractivity contribution in [1.29, 1.82) is 0 Å². The van der Waals surface area contributed by atoms with Gasteiger partial charge in [-0.2, -0.15) is 0 Å². The zero-order valence-electron chi connectivity index (χ0n) is 6.09. The lowest BCUT2D eigenvalue weighted by Gasteiger charge is -1.97. The molecule has 0 saturated carbocycles. The quantitative estimate of drug-likeness (QED) is 0.715. The second kappa shape index (κ2) is 5.42. The highest BCUT2D eigenvalue weighted by Gasteiger charge is 1.90. The Kier molecular flexibility index (Phi) is 5.30. The molecule has 1 nitrogen and oxygen atoms in total. The van der Waals surface area contributed by atoms with Gasteiger partial charge in [-0.3, -0.25) is 0 Å².